The largest absolute Gasteiger partial charge is 0.310 e. The molecule has 0 amide bonds. The summed E-state index contributed by atoms with van der Waals surface area (Å²) in [6.45, 7) is 5.70. The second kappa shape index (κ2) is 5.44. The van der Waals surface area contributed by atoms with Gasteiger partial charge in [0.25, 0.3) is 0 Å². The molecule has 1 saturated carbocycles. The van der Waals surface area contributed by atoms with Gasteiger partial charge in [0.1, 0.15) is 0 Å². The van der Waals surface area contributed by atoms with Gasteiger partial charge in [0.05, 0.1) is 0 Å². The third-order valence-electron chi connectivity index (χ3n) is 3.50. The molecule has 1 aromatic rings. The summed E-state index contributed by atoms with van der Waals surface area (Å²) in [4.78, 5) is 4.14. The number of nitrogens with one attached hydrogen (secondary N) is 1. The van der Waals surface area contributed by atoms with E-state index in [1.54, 1.807) is 0 Å². The quantitative estimate of drug-likeness (QED) is 0.843. The fourth-order valence-electron chi connectivity index (χ4n) is 2.88. The molecule has 0 aliphatic heterocycles. The Morgan fingerprint density at radius 3 is 2.62 bits per heavy atom. The van der Waals surface area contributed by atoms with Gasteiger partial charge in [0.2, 0.25) is 0 Å². The Labute approximate surface area is 98.5 Å². The van der Waals surface area contributed by atoms with Gasteiger partial charge >= 0.3 is 0 Å². The topological polar surface area (TPSA) is 24.9 Å². The molecule has 1 heterocycles. The van der Waals surface area contributed by atoms with Gasteiger partial charge in [-0.1, -0.05) is 19.9 Å². The molecule has 0 radical (unpaired) electrons. The summed E-state index contributed by atoms with van der Waals surface area (Å²) in [6.07, 6.45) is 7.82. The molecule has 0 spiro atoms. The molecule has 88 valence electrons. The van der Waals surface area contributed by atoms with E-state index in [1.807, 2.05) is 18.5 Å². The van der Waals surface area contributed by atoms with Crippen LogP contribution in [-0.4, -0.2) is 11.0 Å². The van der Waals surface area contributed by atoms with Crippen LogP contribution in [0.25, 0.3) is 0 Å². The zero-order valence-corrected chi connectivity index (χ0v) is 10.3. The lowest BCUT2D eigenvalue weighted by Crippen LogP contribution is -2.35. The minimum atomic E-state index is 0.693. The first-order valence-electron chi connectivity index (χ1n) is 6.36. The highest BCUT2D eigenvalue weighted by atomic mass is 14.9. The van der Waals surface area contributed by atoms with Crippen molar-refractivity contribution < 1.29 is 0 Å². The van der Waals surface area contributed by atoms with Crippen molar-refractivity contribution in [3.05, 3.63) is 30.1 Å². The molecule has 0 aromatic carbocycles. The first-order chi connectivity index (χ1) is 7.74. The predicted molar refractivity (Wildman–Crippen MR) is 67.0 cm³/mol. The highest BCUT2D eigenvalue weighted by Gasteiger charge is 2.23. The number of hydrogen-bond acceptors (Lipinski definition) is 2. The third-order valence-corrected chi connectivity index (χ3v) is 3.50. The second-order valence-electron chi connectivity index (χ2n) is 5.36. The van der Waals surface area contributed by atoms with Gasteiger partial charge in [0, 0.05) is 25.0 Å². The lowest BCUT2D eigenvalue weighted by molar-refractivity contribution is 0.238. The summed E-state index contributed by atoms with van der Waals surface area (Å²) >= 11 is 0. The van der Waals surface area contributed by atoms with Crippen LogP contribution in [0, 0.1) is 11.8 Å². The Balaban J connectivity index is 1.81. The highest BCUT2D eigenvalue weighted by molar-refractivity contribution is 5.08. The van der Waals surface area contributed by atoms with E-state index in [0.717, 1.165) is 18.4 Å². The van der Waals surface area contributed by atoms with Crippen molar-refractivity contribution in [2.45, 2.75) is 45.7 Å². The standard InChI is InChI=1S/C14H22N2/c1-11-6-12(2)8-14(7-11)16-10-13-4-3-5-15-9-13/h3-5,9,11-12,14,16H,6-8,10H2,1-2H3. The van der Waals surface area contributed by atoms with E-state index in [-0.39, 0.29) is 0 Å². The van der Waals surface area contributed by atoms with E-state index >= 15 is 0 Å². The van der Waals surface area contributed by atoms with E-state index < -0.39 is 0 Å². The molecule has 0 bridgehead atoms. The van der Waals surface area contributed by atoms with Gasteiger partial charge in [-0.25, -0.2) is 0 Å². The van der Waals surface area contributed by atoms with E-state index in [2.05, 4.69) is 30.2 Å². The lowest BCUT2D eigenvalue weighted by atomic mass is 9.80. The van der Waals surface area contributed by atoms with Crippen LogP contribution in [0.1, 0.15) is 38.7 Å². The molecule has 2 atom stereocenters. The number of hydrogen-bond donors (Lipinski definition) is 1. The van der Waals surface area contributed by atoms with Gasteiger partial charge in [-0.05, 0) is 42.7 Å². The van der Waals surface area contributed by atoms with Crippen molar-refractivity contribution in [1.82, 2.24) is 10.3 Å². The molecule has 0 saturated heterocycles. The first-order valence-corrected chi connectivity index (χ1v) is 6.36. The molecule has 2 heteroatoms. The summed E-state index contributed by atoms with van der Waals surface area (Å²) in [5.41, 5.74) is 1.29. The summed E-state index contributed by atoms with van der Waals surface area (Å²) in [5, 5.41) is 3.66. The Hall–Kier alpha value is -0.890. The Morgan fingerprint density at radius 1 is 1.25 bits per heavy atom. The van der Waals surface area contributed by atoms with Gasteiger partial charge in [-0.15, -0.1) is 0 Å². The van der Waals surface area contributed by atoms with Crippen LogP contribution in [0.3, 0.4) is 0 Å². The number of rotatable bonds is 3. The smallest absolute Gasteiger partial charge is 0.0312 e. The van der Waals surface area contributed by atoms with Crippen molar-refractivity contribution in [2.24, 2.45) is 11.8 Å². The summed E-state index contributed by atoms with van der Waals surface area (Å²) in [7, 11) is 0. The van der Waals surface area contributed by atoms with Crippen molar-refractivity contribution in [3.63, 3.8) is 0 Å². The maximum absolute atomic E-state index is 4.14. The SMILES string of the molecule is CC1CC(C)CC(NCc2cccnc2)C1. The van der Waals surface area contributed by atoms with E-state index in [4.69, 9.17) is 0 Å². The summed E-state index contributed by atoms with van der Waals surface area (Å²) in [6, 6.07) is 4.83. The molecular formula is C14H22N2. The maximum atomic E-state index is 4.14. The predicted octanol–water partition coefficient (Wildman–Crippen LogP) is 3.00. The van der Waals surface area contributed by atoms with Crippen molar-refractivity contribution in [3.8, 4) is 0 Å². The van der Waals surface area contributed by atoms with Crippen LogP contribution in [0.15, 0.2) is 24.5 Å². The van der Waals surface area contributed by atoms with Gasteiger partial charge in [0.15, 0.2) is 0 Å². The molecule has 1 fully saturated rings. The molecule has 2 unspecified atom stereocenters. The normalized spacial score (nSPS) is 30.2. The lowest BCUT2D eigenvalue weighted by Gasteiger charge is -2.32. The zero-order valence-electron chi connectivity index (χ0n) is 10.3. The van der Waals surface area contributed by atoms with Crippen LogP contribution in [0.2, 0.25) is 0 Å². The average molecular weight is 218 g/mol. The molecule has 2 rings (SSSR count). The first kappa shape index (κ1) is 11.6. The molecule has 16 heavy (non-hydrogen) atoms. The van der Waals surface area contributed by atoms with E-state index in [9.17, 15) is 0 Å². The molecular weight excluding hydrogens is 196 g/mol. The van der Waals surface area contributed by atoms with Gasteiger partial charge < -0.3 is 5.32 Å². The molecule has 1 aliphatic carbocycles. The fraction of sp³-hybridized carbons (Fsp3) is 0.643. The minimum Gasteiger partial charge on any atom is -0.310 e. The molecule has 1 N–H and O–H groups in total. The van der Waals surface area contributed by atoms with Gasteiger partial charge in [-0.3, -0.25) is 4.98 Å². The van der Waals surface area contributed by atoms with Crippen molar-refractivity contribution >= 4 is 0 Å². The molecule has 1 aliphatic rings. The van der Waals surface area contributed by atoms with E-state index in [0.29, 0.717) is 6.04 Å². The fourth-order valence-corrected chi connectivity index (χ4v) is 2.88. The number of pyridine rings is 1. The average Bonchev–Trinajstić information content (AvgIpc) is 2.27. The van der Waals surface area contributed by atoms with Crippen LogP contribution < -0.4 is 5.32 Å². The second-order valence-corrected chi connectivity index (χ2v) is 5.36. The van der Waals surface area contributed by atoms with Crippen LogP contribution in [0.5, 0.6) is 0 Å². The van der Waals surface area contributed by atoms with Crippen LogP contribution in [-0.2, 0) is 6.54 Å². The Bertz CT molecular complexity index is 300. The summed E-state index contributed by atoms with van der Waals surface area (Å²) in [5.74, 6) is 1.74. The molecule has 1 aromatic heterocycles. The zero-order chi connectivity index (χ0) is 11.4. The Kier molecular flexibility index (Phi) is 3.94. The van der Waals surface area contributed by atoms with Crippen LogP contribution in [0.4, 0.5) is 0 Å². The number of nitrogens with zero attached hydrogens (tertiary/aromatic N) is 1. The molecule has 2 nitrogen and oxygen atoms in total. The van der Waals surface area contributed by atoms with Gasteiger partial charge in [-0.2, -0.15) is 0 Å². The minimum absolute atomic E-state index is 0.693. The van der Waals surface area contributed by atoms with Crippen molar-refractivity contribution in [2.75, 3.05) is 0 Å². The maximum Gasteiger partial charge on any atom is 0.0312 e. The monoisotopic (exact) mass is 218 g/mol. The van der Waals surface area contributed by atoms with E-state index in [1.165, 1.54) is 24.8 Å². The number of aromatic nitrogens is 1. The van der Waals surface area contributed by atoms with Crippen molar-refractivity contribution in [1.29, 1.82) is 0 Å². The highest BCUT2D eigenvalue weighted by Crippen LogP contribution is 2.28. The Morgan fingerprint density at radius 2 is 2.00 bits per heavy atom. The third kappa shape index (κ3) is 3.31. The van der Waals surface area contributed by atoms with Crippen LogP contribution >= 0.6 is 0 Å². The summed E-state index contributed by atoms with van der Waals surface area (Å²) < 4.78 is 0.